The zero-order chi connectivity index (χ0) is 25.5. The molecule has 4 rings (SSSR count). The van der Waals surface area contributed by atoms with Crippen molar-refractivity contribution < 1.29 is 13.6 Å². The van der Waals surface area contributed by atoms with E-state index in [1.54, 1.807) is 12.1 Å². The van der Waals surface area contributed by atoms with Crippen LogP contribution in [0.1, 0.15) is 71.4 Å². The summed E-state index contributed by atoms with van der Waals surface area (Å²) in [5.74, 6) is 0.377. The van der Waals surface area contributed by atoms with Gasteiger partial charge in [0.1, 0.15) is 12.1 Å². The third-order valence-corrected chi connectivity index (χ3v) is 6.16. The van der Waals surface area contributed by atoms with Crippen LogP contribution in [0, 0.1) is 5.82 Å². The van der Waals surface area contributed by atoms with Crippen molar-refractivity contribution in [3.05, 3.63) is 125 Å². The van der Waals surface area contributed by atoms with Crippen LogP contribution in [0.25, 0.3) is 0 Å². The molecule has 5 nitrogen and oxygen atoms in total. The lowest BCUT2D eigenvalue weighted by molar-refractivity contribution is 0.0934. The molecular weight excluding hydrogens is 453 g/mol. The Hall–Kier alpha value is -3.77. The third-order valence-electron chi connectivity index (χ3n) is 6.16. The topological polar surface area (TPSA) is 58.4 Å². The molecule has 0 aliphatic rings. The first-order chi connectivity index (χ1) is 17.4. The fourth-order valence-corrected chi connectivity index (χ4v) is 4.06. The Morgan fingerprint density at radius 2 is 1.47 bits per heavy atom. The molecule has 0 saturated heterocycles. The van der Waals surface area contributed by atoms with E-state index in [0.717, 1.165) is 16.7 Å². The summed E-state index contributed by atoms with van der Waals surface area (Å²) >= 11 is 0. The van der Waals surface area contributed by atoms with Crippen molar-refractivity contribution in [3.63, 3.8) is 0 Å². The minimum absolute atomic E-state index is 0.150. The third kappa shape index (κ3) is 6.89. The molecule has 1 N–H and O–H groups in total. The van der Waals surface area contributed by atoms with E-state index < -0.39 is 0 Å². The second-order valence-electron chi connectivity index (χ2n) is 9.40. The number of oxazole rings is 1. The predicted octanol–water partition coefficient (Wildman–Crippen LogP) is 6.63. The van der Waals surface area contributed by atoms with Crippen molar-refractivity contribution in [1.82, 2.24) is 15.2 Å². The predicted molar refractivity (Wildman–Crippen MR) is 139 cm³/mol. The molecule has 1 heterocycles. The molecular formula is C30H32FN3O2. The normalized spacial score (nSPS) is 12.2. The second-order valence-corrected chi connectivity index (χ2v) is 9.40. The number of hydrogen-bond donors (Lipinski definition) is 1. The molecule has 0 radical (unpaired) electrons. The highest BCUT2D eigenvalue weighted by Crippen LogP contribution is 2.19. The molecule has 1 atom stereocenters. The number of benzene rings is 3. The number of nitrogens with zero attached hydrogens (tertiary/aromatic N) is 2. The van der Waals surface area contributed by atoms with Gasteiger partial charge in [0.05, 0.1) is 12.6 Å². The Bertz CT molecular complexity index is 1250. The summed E-state index contributed by atoms with van der Waals surface area (Å²) in [5, 5.41) is 2.97. The monoisotopic (exact) mass is 485 g/mol. The first kappa shape index (κ1) is 25.3. The van der Waals surface area contributed by atoms with E-state index in [0.29, 0.717) is 31.4 Å². The molecule has 0 saturated carbocycles. The smallest absolute Gasteiger partial charge is 0.273 e. The molecule has 0 bridgehead atoms. The van der Waals surface area contributed by atoms with Crippen LogP contribution in [0.5, 0.6) is 0 Å². The van der Waals surface area contributed by atoms with Crippen LogP contribution < -0.4 is 5.32 Å². The van der Waals surface area contributed by atoms with Crippen molar-refractivity contribution in [1.29, 1.82) is 0 Å². The first-order valence-electron chi connectivity index (χ1n) is 12.2. The number of carbonyl (C=O) groups excluding carboxylic acids is 1. The van der Waals surface area contributed by atoms with Gasteiger partial charge in [0.15, 0.2) is 5.69 Å². The Balaban J connectivity index is 1.46. The lowest BCUT2D eigenvalue weighted by atomic mass is 10.0. The maximum absolute atomic E-state index is 13.4. The molecule has 0 aliphatic carbocycles. The average Bonchev–Trinajstić information content (AvgIpc) is 3.35. The Kier molecular flexibility index (Phi) is 8.28. The van der Waals surface area contributed by atoms with Gasteiger partial charge in [-0.1, -0.05) is 80.6 Å². The van der Waals surface area contributed by atoms with Gasteiger partial charge in [0.2, 0.25) is 5.89 Å². The fraction of sp³-hybridized carbons (Fsp3) is 0.267. The van der Waals surface area contributed by atoms with Crippen molar-refractivity contribution in [2.75, 3.05) is 0 Å². The van der Waals surface area contributed by atoms with Gasteiger partial charge in [-0.3, -0.25) is 9.69 Å². The number of hydrogen-bond acceptors (Lipinski definition) is 4. The number of amides is 1. The molecule has 0 aliphatic heterocycles. The van der Waals surface area contributed by atoms with Gasteiger partial charge in [0, 0.05) is 13.1 Å². The molecule has 186 valence electrons. The molecule has 36 heavy (non-hydrogen) atoms. The standard InChI is InChI=1S/C30H32FN3O2/c1-21(2)25-13-9-23(10-14-25)17-34(18-24-11-15-27(31)16-12-24)19-29-33-28(20-36-29)30(35)32-22(3)26-7-5-4-6-8-26/h4-16,20-22H,17-19H2,1-3H3,(H,32,35)/t22-/m0/s1. The van der Waals surface area contributed by atoms with E-state index in [9.17, 15) is 9.18 Å². The minimum Gasteiger partial charge on any atom is -0.447 e. The zero-order valence-corrected chi connectivity index (χ0v) is 20.9. The van der Waals surface area contributed by atoms with E-state index in [4.69, 9.17) is 4.42 Å². The van der Waals surface area contributed by atoms with Gasteiger partial charge >= 0.3 is 0 Å². The van der Waals surface area contributed by atoms with Crippen LogP contribution >= 0.6 is 0 Å². The van der Waals surface area contributed by atoms with Crippen LogP contribution in [-0.4, -0.2) is 15.8 Å². The van der Waals surface area contributed by atoms with Gasteiger partial charge in [-0.25, -0.2) is 9.37 Å². The number of halogens is 1. The maximum atomic E-state index is 13.4. The van der Waals surface area contributed by atoms with E-state index in [1.807, 2.05) is 37.3 Å². The average molecular weight is 486 g/mol. The summed E-state index contributed by atoms with van der Waals surface area (Å²) in [7, 11) is 0. The summed E-state index contributed by atoms with van der Waals surface area (Å²) in [4.78, 5) is 19.4. The molecule has 3 aromatic carbocycles. The molecule has 6 heteroatoms. The van der Waals surface area contributed by atoms with Gasteiger partial charge in [0.25, 0.3) is 5.91 Å². The Morgan fingerprint density at radius 3 is 2.08 bits per heavy atom. The highest BCUT2D eigenvalue weighted by Gasteiger charge is 2.18. The number of aromatic nitrogens is 1. The van der Waals surface area contributed by atoms with Crippen molar-refractivity contribution in [2.24, 2.45) is 0 Å². The number of carbonyl (C=O) groups is 1. The van der Waals surface area contributed by atoms with Crippen LogP contribution in [0.4, 0.5) is 4.39 Å². The van der Waals surface area contributed by atoms with E-state index >= 15 is 0 Å². The van der Waals surface area contributed by atoms with Crippen LogP contribution in [0.2, 0.25) is 0 Å². The van der Waals surface area contributed by atoms with Crippen molar-refractivity contribution >= 4 is 5.91 Å². The zero-order valence-electron chi connectivity index (χ0n) is 20.9. The number of nitrogens with one attached hydrogen (secondary N) is 1. The molecule has 4 aromatic rings. The summed E-state index contributed by atoms with van der Waals surface area (Å²) in [5.41, 5.74) is 4.69. The highest BCUT2D eigenvalue weighted by molar-refractivity contribution is 5.92. The lowest BCUT2D eigenvalue weighted by Gasteiger charge is -2.21. The molecule has 0 spiro atoms. The molecule has 0 unspecified atom stereocenters. The summed E-state index contributed by atoms with van der Waals surface area (Å²) in [6.45, 7) is 7.93. The SMILES string of the molecule is CC(C)c1ccc(CN(Cc2ccc(F)cc2)Cc2nc(C(=O)N[C@@H](C)c3ccccc3)co2)cc1. The lowest BCUT2D eigenvalue weighted by Crippen LogP contribution is -2.27. The number of rotatable bonds is 10. The van der Waals surface area contributed by atoms with E-state index in [1.165, 1.54) is 24.0 Å². The Morgan fingerprint density at radius 1 is 0.861 bits per heavy atom. The Labute approximate surface area is 212 Å². The summed E-state index contributed by atoms with van der Waals surface area (Å²) < 4.78 is 19.1. The van der Waals surface area contributed by atoms with Crippen molar-refractivity contribution in [3.8, 4) is 0 Å². The molecule has 1 amide bonds. The van der Waals surface area contributed by atoms with Gasteiger partial charge < -0.3 is 9.73 Å². The second kappa shape index (κ2) is 11.8. The van der Waals surface area contributed by atoms with Gasteiger partial charge in [-0.15, -0.1) is 0 Å². The minimum atomic E-state index is -0.282. The molecule has 1 aromatic heterocycles. The fourth-order valence-electron chi connectivity index (χ4n) is 4.06. The van der Waals surface area contributed by atoms with Crippen LogP contribution in [-0.2, 0) is 19.6 Å². The highest BCUT2D eigenvalue weighted by atomic mass is 19.1. The van der Waals surface area contributed by atoms with Gasteiger partial charge in [-0.05, 0) is 47.2 Å². The maximum Gasteiger partial charge on any atom is 0.273 e. The summed E-state index contributed by atoms with van der Waals surface area (Å²) in [6, 6.07) is 24.7. The van der Waals surface area contributed by atoms with Crippen LogP contribution in [0.15, 0.2) is 89.5 Å². The van der Waals surface area contributed by atoms with Crippen molar-refractivity contribution in [2.45, 2.75) is 52.4 Å². The molecule has 0 fully saturated rings. The quantitative estimate of drug-likeness (QED) is 0.274. The largest absolute Gasteiger partial charge is 0.447 e. The van der Waals surface area contributed by atoms with Gasteiger partial charge in [-0.2, -0.15) is 0 Å². The van der Waals surface area contributed by atoms with E-state index in [2.05, 4.69) is 53.3 Å². The van der Waals surface area contributed by atoms with Crippen LogP contribution in [0.3, 0.4) is 0 Å². The van der Waals surface area contributed by atoms with E-state index in [-0.39, 0.29) is 23.5 Å². The summed E-state index contributed by atoms with van der Waals surface area (Å²) in [6.07, 6.45) is 1.40. The first-order valence-corrected chi connectivity index (χ1v) is 12.2.